The average molecular weight is 247 g/mol. The Hall–Kier alpha value is -2.44. The molecule has 0 radical (unpaired) electrons. The van der Waals surface area contributed by atoms with E-state index in [1.165, 1.54) is 7.11 Å². The molecular formula is C11H13N5O2. The number of aromatic amines is 1. The maximum Gasteiger partial charge on any atom is 0.376 e. The van der Waals surface area contributed by atoms with E-state index in [-0.39, 0.29) is 5.82 Å². The first-order valence-corrected chi connectivity index (χ1v) is 5.34. The van der Waals surface area contributed by atoms with E-state index < -0.39 is 5.97 Å². The van der Waals surface area contributed by atoms with Crippen molar-refractivity contribution >= 4 is 11.8 Å². The number of rotatable bonds is 4. The number of anilines is 1. The smallest absolute Gasteiger partial charge is 0.376 e. The summed E-state index contributed by atoms with van der Waals surface area (Å²) in [5.41, 5.74) is 1.61. The van der Waals surface area contributed by atoms with Gasteiger partial charge in [0.1, 0.15) is 5.82 Å². The highest BCUT2D eigenvalue weighted by Crippen LogP contribution is 2.08. The molecule has 0 saturated carbocycles. The van der Waals surface area contributed by atoms with Crippen LogP contribution < -0.4 is 5.32 Å². The van der Waals surface area contributed by atoms with Crippen LogP contribution in [0.25, 0.3) is 0 Å². The van der Waals surface area contributed by atoms with Crippen LogP contribution in [0.1, 0.15) is 22.0 Å². The summed E-state index contributed by atoms with van der Waals surface area (Å²) in [5, 5.41) is 3.08. The van der Waals surface area contributed by atoms with Crippen molar-refractivity contribution in [2.24, 2.45) is 0 Å². The molecular weight excluding hydrogens is 234 g/mol. The Morgan fingerprint density at radius 3 is 3.00 bits per heavy atom. The largest absolute Gasteiger partial charge is 0.463 e. The van der Waals surface area contributed by atoms with Crippen LogP contribution in [0.15, 0.2) is 18.6 Å². The molecule has 0 spiro atoms. The van der Waals surface area contributed by atoms with Gasteiger partial charge in [-0.15, -0.1) is 0 Å². The van der Waals surface area contributed by atoms with Crippen molar-refractivity contribution < 1.29 is 9.53 Å². The molecule has 0 unspecified atom stereocenters. The lowest BCUT2D eigenvalue weighted by atomic mass is 10.4. The zero-order valence-corrected chi connectivity index (χ0v) is 10.1. The van der Waals surface area contributed by atoms with Gasteiger partial charge in [0, 0.05) is 18.0 Å². The number of carbonyl (C=O) groups excluding carboxylic acids is 1. The number of nitrogens with one attached hydrogen (secondary N) is 2. The minimum Gasteiger partial charge on any atom is -0.463 e. The molecule has 0 aliphatic carbocycles. The van der Waals surface area contributed by atoms with Gasteiger partial charge in [-0.1, -0.05) is 0 Å². The van der Waals surface area contributed by atoms with Gasteiger partial charge in [-0.05, 0) is 6.92 Å². The maximum absolute atomic E-state index is 11.4. The van der Waals surface area contributed by atoms with E-state index in [0.717, 1.165) is 5.69 Å². The number of aryl methyl sites for hydroxylation is 1. The minimum atomic E-state index is -0.553. The van der Waals surface area contributed by atoms with Gasteiger partial charge in [0.2, 0.25) is 5.82 Å². The van der Waals surface area contributed by atoms with Crippen molar-refractivity contribution in [3.8, 4) is 0 Å². The van der Waals surface area contributed by atoms with E-state index in [9.17, 15) is 4.79 Å². The third-order valence-corrected chi connectivity index (χ3v) is 2.24. The van der Waals surface area contributed by atoms with E-state index in [0.29, 0.717) is 18.1 Å². The fraction of sp³-hybridized carbons (Fsp3) is 0.273. The van der Waals surface area contributed by atoms with Gasteiger partial charge in [0.05, 0.1) is 25.7 Å². The summed E-state index contributed by atoms with van der Waals surface area (Å²) < 4.78 is 4.59. The van der Waals surface area contributed by atoms with E-state index in [2.05, 4.69) is 30.0 Å². The van der Waals surface area contributed by atoms with Gasteiger partial charge < -0.3 is 15.0 Å². The Bertz CT molecular complexity index is 538. The van der Waals surface area contributed by atoms with Gasteiger partial charge in [-0.3, -0.25) is 0 Å². The molecule has 7 heteroatoms. The van der Waals surface area contributed by atoms with Gasteiger partial charge in [-0.25, -0.2) is 19.7 Å². The number of H-pyrrole nitrogens is 1. The summed E-state index contributed by atoms with van der Waals surface area (Å²) in [4.78, 5) is 26.3. The number of aromatic nitrogens is 4. The number of imidazole rings is 1. The quantitative estimate of drug-likeness (QED) is 0.780. The van der Waals surface area contributed by atoms with Crippen molar-refractivity contribution in [1.82, 2.24) is 19.9 Å². The monoisotopic (exact) mass is 247 g/mol. The highest BCUT2D eigenvalue weighted by Gasteiger charge is 2.11. The fourth-order valence-electron chi connectivity index (χ4n) is 1.41. The summed E-state index contributed by atoms with van der Waals surface area (Å²) in [7, 11) is 1.30. The summed E-state index contributed by atoms with van der Waals surface area (Å²) in [6, 6.07) is 1.75. The van der Waals surface area contributed by atoms with Crippen molar-refractivity contribution in [3.63, 3.8) is 0 Å². The van der Waals surface area contributed by atoms with Crippen molar-refractivity contribution in [3.05, 3.63) is 35.8 Å². The van der Waals surface area contributed by atoms with E-state index in [1.54, 1.807) is 25.5 Å². The zero-order chi connectivity index (χ0) is 13.0. The first-order valence-electron chi connectivity index (χ1n) is 5.34. The highest BCUT2D eigenvalue weighted by atomic mass is 16.5. The normalized spacial score (nSPS) is 10.1. The molecule has 0 amide bonds. The Morgan fingerprint density at radius 1 is 1.50 bits per heavy atom. The molecule has 94 valence electrons. The maximum atomic E-state index is 11.4. The van der Waals surface area contributed by atoms with Crippen LogP contribution in [0, 0.1) is 6.92 Å². The number of methoxy groups -OCH3 is 1. The summed E-state index contributed by atoms with van der Waals surface area (Å²) >= 11 is 0. The molecule has 0 aliphatic heterocycles. The molecule has 2 rings (SSSR count). The van der Waals surface area contributed by atoms with Crippen LogP contribution >= 0.6 is 0 Å². The van der Waals surface area contributed by atoms with Crippen LogP contribution in [0.5, 0.6) is 0 Å². The number of nitrogens with zero attached hydrogens (tertiary/aromatic N) is 3. The van der Waals surface area contributed by atoms with Crippen LogP contribution in [-0.4, -0.2) is 33.0 Å². The summed E-state index contributed by atoms with van der Waals surface area (Å²) in [6.45, 7) is 2.33. The number of carbonyl (C=O) groups is 1. The predicted molar refractivity (Wildman–Crippen MR) is 64.0 cm³/mol. The second-order valence-corrected chi connectivity index (χ2v) is 3.64. The Kier molecular flexibility index (Phi) is 3.52. The predicted octanol–water partition coefficient (Wildman–Crippen LogP) is 0.907. The summed E-state index contributed by atoms with van der Waals surface area (Å²) in [5.74, 6) is 0.0606. The number of esters is 1. The molecule has 2 aromatic rings. The molecule has 0 saturated heterocycles. The number of hydrogen-bond acceptors (Lipinski definition) is 6. The molecule has 0 atom stereocenters. The third-order valence-electron chi connectivity index (χ3n) is 2.24. The molecule has 2 heterocycles. The van der Waals surface area contributed by atoms with E-state index in [4.69, 9.17) is 0 Å². The molecule has 2 N–H and O–H groups in total. The molecule has 0 fully saturated rings. The minimum absolute atomic E-state index is 0.0459. The van der Waals surface area contributed by atoms with Crippen molar-refractivity contribution in [1.29, 1.82) is 0 Å². The van der Waals surface area contributed by atoms with Crippen LogP contribution in [0.4, 0.5) is 5.82 Å². The second-order valence-electron chi connectivity index (χ2n) is 3.64. The second kappa shape index (κ2) is 5.26. The standard InChI is InChI=1S/C11H13N5O2/c1-7-3-9(13-5-8-4-12-6-14-8)16-10(15-7)11(17)18-2/h3-4,6H,5H2,1-2H3,(H,12,14)(H,13,15,16). The van der Waals surface area contributed by atoms with Gasteiger partial charge in [0.25, 0.3) is 0 Å². The van der Waals surface area contributed by atoms with Crippen LogP contribution in [0.3, 0.4) is 0 Å². The first kappa shape index (κ1) is 12.0. The van der Waals surface area contributed by atoms with Crippen molar-refractivity contribution in [2.75, 3.05) is 12.4 Å². The molecule has 0 aliphatic rings. The average Bonchev–Trinajstić information content (AvgIpc) is 2.88. The summed E-state index contributed by atoms with van der Waals surface area (Å²) in [6.07, 6.45) is 3.31. The molecule has 18 heavy (non-hydrogen) atoms. The Balaban J connectivity index is 2.12. The van der Waals surface area contributed by atoms with Crippen LogP contribution in [0.2, 0.25) is 0 Å². The number of ether oxygens (including phenoxy) is 1. The van der Waals surface area contributed by atoms with Gasteiger partial charge >= 0.3 is 5.97 Å². The molecule has 0 bridgehead atoms. The molecule has 0 aromatic carbocycles. The van der Waals surface area contributed by atoms with Gasteiger partial charge in [0.15, 0.2) is 0 Å². The van der Waals surface area contributed by atoms with Crippen molar-refractivity contribution in [2.45, 2.75) is 13.5 Å². The van der Waals surface area contributed by atoms with Crippen LogP contribution in [-0.2, 0) is 11.3 Å². The Labute approximate surface area is 104 Å². The number of hydrogen-bond donors (Lipinski definition) is 2. The lowest BCUT2D eigenvalue weighted by molar-refractivity contribution is 0.0586. The first-order chi connectivity index (χ1) is 8.69. The third kappa shape index (κ3) is 2.82. The molecule has 7 nitrogen and oxygen atoms in total. The topological polar surface area (TPSA) is 92.8 Å². The van der Waals surface area contributed by atoms with E-state index in [1.807, 2.05) is 0 Å². The highest BCUT2D eigenvalue weighted by molar-refractivity contribution is 5.85. The lowest BCUT2D eigenvalue weighted by Gasteiger charge is -2.06. The zero-order valence-electron chi connectivity index (χ0n) is 10.1. The van der Waals surface area contributed by atoms with Gasteiger partial charge in [-0.2, -0.15) is 0 Å². The Morgan fingerprint density at radius 2 is 2.33 bits per heavy atom. The van der Waals surface area contributed by atoms with E-state index >= 15 is 0 Å². The SMILES string of the molecule is COC(=O)c1nc(C)cc(NCc2cnc[nH]2)n1. The fourth-order valence-corrected chi connectivity index (χ4v) is 1.41. The molecule has 2 aromatic heterocycles. The lowest BCUT2D eigenvalue weighted by Crippen LogP contribution is -2.11.